The molecule has 3 aromatic rings. The Morgan fingerprint density at radius 1 is 1.26 bits per heavy atom. The van der Waals surface area contributed by atoms with Crippen molar-refractivity contribution < 1.29 is 9.21 Å². The van der Waals surface area contributed by atoms with E-state index in [2.05, 4.69) is 15.5 Å². The average Bonchev–Trinajstić information content (AvgIpc) is 2.93. The molecule has 3 rings (SSSR count). The molecule has 0 aliphatic heterocycles. The van der Waals surface area contributed by atoms with Crippen molar-refractivity contribution in [1.29, 1.82) is 0 Å². The third kappa shape index (κ3) is 3.13. The second kappa shape index (κ2) is 6.13. The summed E-state index contributed by atoms with van der Waals surface area (Å²) in [4.78, 5) is 24.5. The van der Waals surface area contributed by atoms with E-state index in [-0.39, 0.29) is 11.2 Å². The maximum absolute atomic E-state index is 12.3. The van der Waals surface area contributed by atoms with Gasteiger partial charge in [0.1, 0.15) is 5.58 Å². The molecule has 0 unspecified atom stereocenters. The van der Waals surface area contributed by atoms with Crippen LogP contribution in [0.2, 0.25) is 0 Å². The van der Waals surface area contributed by atoms with Gasteiger partial charge in [-0.1, -0.05) is 29.2 Å². The molecule has 0 radical (unpaired) electrons. The monoisotopic (exact) mass is 347 g/mol. The highest BCUT2D eigenvalue weighted by atomic mass is 32.2. The fourth-order valence-electron chi connectivity index (χ4n) is 2.28. The fourth-order valence-corrected chi connectivity index (χ4v) is 3.44. The van der Waals surface area contributed by atoms with Crippen LogP contribution in [0.5, 0.6) is 0 Å². The van der Waals surface area contributed by atoms with Gasteiger partial charge >= 0.3 is 0 Å². The van der Waals surface area contributed by atoms with E-state index >= 15 is 0 Å². The largest absolute Gasteiger partial charge is 0.451 e. The predicted molar refractivity (Wildman–Crippen MR) is 91.6 cm³/mol. The lowest BCUT2D eigenvalue weighted by molar-refractivity contribution is 0.0997. The molecule has 2 aromatic heterocycles. The highest BCUT2D eigenvalue weighted by Gasteiger charge is 2.16. The molecule has 0 atom stereocenters. The molecule has 0 fully saturated rings. The lowest BCUT2D eigenvalue weighted by atomic mass is 10.1. The molecule has 1 N–H and O–H groups in total. The highest BCUT2D eigenvalue weighted by molar-refractivity contribution is 8.00. The van der Waals surface area contributed by atoms with E-state index in [1.165, 1.54) is 29.2 Å². The summed E-state index contributed by atoms with van der Waals surface area (Å²) >= 11 is 2.70. The van der Waals surface area contributed by atoms with E-state index in [1.54, 1.807) is 6.07 Å². The van der Waals surface area contributed by atoms with Crippen LogP contribution in [0.1, 0.15) is 21.7 Å². The smallest absolute Gasteiger partial charge is 0.293 e. The molecule has 1 aromatic carbocycles. The summed E-state index contributed by atoms with van der Waals surface area (Å²) in [6, 6.07) is 4.86. The summed E-state index contributed by atoms with van der Waals surface area (Å²) in [6.07, 6.45) is 1.87. The van der Waals surface area contributed by atoms with E-state index < -0.39 is 5.91 Å². The van der Waals surface area contributed by atoms with Crippen molar-refractivity contribution in [2.24, 2.45) is 0 Å². The average molecular weight is 347 g/mol. The first-order valence-corrected chi connectivity index (χ1v) is 8.76. The molecule has 118 valence electrons. The summed E-state index contributed by atoms with van der Waals surface area (Å²) in [5, 5.41) is 11.2. The van der Waals surface area contributed by atoms with Crippen LogP contribution in [0.25, 0.3) is 11.0 Å². The molecular formula is C15H13N3O3S2. The summed E-state index contributed by atoms with van der Waals surface area (Å²) in [5.74, 6) is -0.569. The van der Waals surface area contributed by atoms with Crippen molar-refractivity contribution in [3.8, 4) is 0 Å². The molecule has 0 saturated heterocycles. The Kier molecular flexibility index (Phi) is 4.18. The van der Waals surface area contributed by atoms with Crippen molar-refractivity contribution >= 4 is 45.1 Å². The Morgan fingerprint density at radius 3 is 2.74 bits per heavy atom. The van der Waals surface area contributed by atoms with Crippen LogP contribution in [0, 0.1) is 13.8 Å². The molecule has 0 bridgehead atoms. The Morgan fingerprint density at radius 2 is 2.04 bits per heavy atom. The van der Waals surface area contributed by atoms with Crippen LogP contribution in [0.15, 0.2) is 31.8 Å². The number of hydrogen-bond donors (Lipinski definition) is 1. The van der Waals surface area contributed by atoms with Crippen molar-refractivity contribution in [3.05, 3.63) is 45.3 Å². The van der Waals surface area contributed by atoms with Crippen LogP contribution in [-0.4, -0.2) is 22.4 Å². The topological polar surface area (TPSA) is 85.1 Å². The number of fused-ring (bicyclic) bond motifs is 1. The zero-order valence-corrected chi connectivity index (χ0v) is 14.3. The number of aromatic nitrogens is 2. The Labute approximate surface area is 139 Å². The number of nitrogens with zero attached hydrogens (tertiary/aromatic N) is 2. The molecule has 0 saturated carbocycles. The minimum Gasteiger partial charge on any atom is -0.451 e. The lowest BCUT2D eigenvalue weighted by Gasteiger charge is -2.05. The summed E-state index contributed by atoms with van der Waals surface area (Å²) < 4.78 is 6.35. The Balaban J connectivity index is 1.99. The second-order valence-corrected chi connectivity index (χ2v) is 6.99. The van der Waals surface area contributed by atoms with Gasteiger partial charge in [0, 0.05) is 6.07 Å². The third-order valence-corrected chi connectivity index (χ3v) is 5.01. The number of aryl methyl sites for hydroxylation is 2. The molecule has 8 heteroatoms. The molecule has 0 aliphatic carbocycles. The van der Waals surface area contributed by atoms with Crippen LogP contribution in [0.4, 0.5) is 5.13 Å². The maximum atomic E-state index is 12.3. The van der Waals surface area contributed by atoms with Gasteiger partial charge in [0.25, 0.3) is 5.91 Å². The van der Waals surface area contributed by atoms with Gasteiger partial charge in [-0.25, -0.2) is 0 Å². The minimum absolute atomic E-state index is 0.0478. The molecular weight excluding hydrogens is 334 g/mol. The van der Waals surface area contributed by atoms with Crippen LogP contribution >= 0.6 is 23.1 Å². The molecule has 6 nitrogen and oxygen atoms in total. The zero-order valence-electron chi connectivity index (χ0n) is 12.7. The second-order valence-electron chi connectivity index (χ2n) is 4.96. The van der Waals surface area contributed by atoms with Gasteiger partial charge in [-0.05, 0) is 37.3 Å². The number of nitrogens with one attached hydrogen (secondary N) is 1. The van der Waals surface area contributed by atoms with E-state index in [0.29, 0.717) is 16.1 Å². The maximum Gasteiger partial charge on any atom is 0.293 e. The number of carbonyl (C=O) groups excluding carboxylic acids is 1. The first-order valence-electron chi connectivity index (χ1n) is 6.72. The van der Waals surface area contributed by atoms with Gasteiger partial charge in [0.15, 0.2) is 15.5 Å². The highest BCUT2D eigenvalue weighted by Crippen LogP contribution is 2.24. The standard InChI is InChI=1S/C15H13N3O3S2/c1-7-4-8(2)12-9(19)6-11(21-10(12)5-7)13(20)16-14-17-18-15(22-3)23-14/h4-6H,1-3H3,(H,16,17,20). The molecule has 0 aliphatic rings. The van der Waals surface area contributed by atoms with Gasteiger partial charge in [-0.3, -0.25) is 14.9 Å². The predicted octanol–water partition coefficient (Wildman–Crippen LogP) is 3.24. The zero-order chi connectivity index (χ0) is 16.6. The quantitative estimate of drug-likeness (QED) is 0.578. The van der Waals surface area contributed by atoms with E-state index in [9.17, 15) is 9.59 Å². The van der Waals surface area contributed by atoms with E-state index in [4.69, 9.17) is 4.42 Å². The normalized spacial score (nSPS) is 10.9. The van der Waals surface area contributed by atoms with E-state index in [1.807, 2.05) is 26.2 Å². The minimum atomic E-state index is -0.521. The Bertz CT molecular complexity index is 962. The first-order chi connectivity index (χ1) is 11.0. The number of benzene rings is 1. The van der Waals surface area contributed by atoms with Crippen molar-refractivity contribution in [2.45, 2.75) is 18.2 Å². The van der Waals surface area contributed by atoms with Crippen LogP contribution in [0.3, 0.4) is 0 Å². The molecule has 23 heavy (non-hydrogen) atoms. The van der Waals surface area contributed by atoms with Gasteiger partial charge < -0.3 is 4.42 Å². The van der Waals surface area contributed by atoms with Gasteiger partial charge in [0.2, 0.25) is 5.13 Å². The van der Waals surface area contributed by atoms with E-state index in [0.717, 1.165) is 15.5 Å². The molecule has 0 spiro atoms. The van der Waals surface area contributed by atoms with Crippen molar-refractivity contribution in [1.82, 2.24) is 10.2 Å². The number of amides is 1. The summed E-state index contributed by atoms with van der Waals surface area (Å²) in [6.45, 7) is 3.75. The van der Waals surface area contributed by atoms with Gasteiger partial charge in [-0.15, -0.1) is 10.2 Å². The summed E-state index contributed by atoms with van der Waals surface area (Å²) in [5.41, 5.74) is 1.96. The SMILES string of the molecule is CSc1nnc(NC(=O)c2cc(=O)c3c(C)cc(C)cc3o2)s1. The number of carbonyl (C=O) groups is 1. The number of hydrogen-bond acceptors (Lipinski definition) is 7. The number of rotatable bonds is 3. The fraction of sp³-hybridized carbons (Fsp3) is 0.200. The number of thioether (sulfide) groups is 1. The van der Waals surface area contributed by atoms with Crippen LogP contribution < -0.4 is 10.7 Å². The third-order valence-electron chi connectivity index (χ3n) is 3.20. The molecule has 1 amide bonds. The number of anilines is 1. The Hall–Kier alpha value is -2.19. The lowest BCUT2D eigenvalue weighted by Crippen LogP contribution is -2.15. The van der Waals surface area contributed by atoms with Crippen LogP contribution in [-0.2, 0) is 0 Å². The first kappa shape index (κ1) is 15.7. The molecule has 2 heterocycles. The summed E-state index contributed by atoms with van der Waals surface area (Å²) in [7, 11) is 0. The van der Waals surface area contributed by atoms with Gasteiger partial charge in [-0.2, -0.15) is 0 Å². The van der Waals surface area contributed by atoms with Crippen molar-refractivity contribution in [2.75, 3.05) is 11.6 Å². The van der Waals surface area contributed by atoms with Crippen molar-refractivity contribution in [3.63, 3.8) is 0 Å². The van der Waals surface area contributed by atoms with Gasteiger partial charge in [0.05, 0.1) is 5.39 Å².